The van der Waals surface area contributed by atoms with Crippen LogP contribution in [0.1, 0.15) is 15.9 Å². The highest BCUT2D eigenvalue weighted by Crippen LogP contribution is 2.24. The van der Waals surface area contributed by atoms with Gasteiger partial charge in [-0.05, 0) is 67.6 Å². The third-order valence-corrected chi connectivity index (χ3v) is 5.58. The van der Waals surface area contributed by atoms with Gasteiger partial charge in [-0.1, -0.05) is 42.0 Å². The molecule has 0 radical (unpaired) electrons. The number of aryl methyl sites for hydroxylation is 1. The standard InChI is InChI=1S/C30H23NO4/c1-20-8-17-28-26(18-20)27(19-29(35-28)21-6-4-3-5-7-21)31-23-11-15-25(16-12-23)34-30(32)22-9-13-24(33-2)14-10-22/h3-19H,1-2H3. The van der Waals surface area contributed by atoms with E-state index >= 15 is 0 Å². The van der Waals surface area contributed by atoms with Crippen molar-refractivity contribution in [2.45, 2.75) is 6.92 Å². The molecule has 1 heterocycles. The average molecular weight is 462 g/mol. The Morgan fingerprint density at radius 1 is 0.800 bits per heavy atom. The Morgan fingerprint density at radius 3 is 2.23 bits per heavy atom. The minimum absolute atomic E-state index is 0.434. The van der Waals surface area contributed by atoms with E-state index in [9.17, 15) is 4.79 Å². The van der Waals surface area contributed by atoms with Crippen molar-refractivity contribution in [1.82, 2.24) is 0 Å². The van der Waals surface area contributed by atoms with Crippen LogP contribution in [0.2, 0.25) is 0 Å². The van der Waals surface area contributed by atoms with Crippen LogP contribution in [0.4, 0.5) is 5.69 Å². The van der Waals surface area contributed by atoms with Crippen LogP contribution < -0.4 is 14.8 Å². The van der Waals surface area contributed by atoms with Crippen LogP contribution in [0, 0.1) is 6.92 Å². The van der Waals surface area contributed by atoms with E-state index in [4.69, 9.17) is 18.9 Å². The zero-order valence-electron chi connectivity index (χ0n) is 19.4. The first kappa shape index (κ1) is 22.2. The van der Waals surface area contributed by atoms with Gasteiger partial charge in [-0.2, -0.15) is 0 Å². The molecule has 0 N–H and O–H groups in total. The molecule has 0 aliphatic heterocycles. The molecule has 0 spiro atoms. The molecule has 5 rings (SSSR count). The lowest BCUT2D eigenvalue weighted by Crippen LogP contribution is -2.08. The lowest BCUT2D eigenvalue weighted by Gasteiger charge is -2.07. The Labute approximate surface area is 202 Å². The second-order valence-corrected chi connectivity index (χ2v) is 8.09. The van der Waals surface area contributed by atoms with E-state index in [1.165, 1.54) is 0 Å². The van der Waals surface area contributed by atoms with E-state index in [1.54, 1.807) is 43.5 Å². The normalized spacial score (nSPS) is 11.4. The van der Waals surface area contributed by atoms with E-state index in [0.717, 1.165) is 38.9 Å². The second kappa shape index (κ2) is 9.69. The Kier molecular flexibility index (Phi) is 6.14. The number of rotatable bonds is 5. The molecule has 1 aromatic heterocycles. The molecule has 0 amide bonds. The summed E-state index contributed by atoms with van der Waals surface area (Å²) in [7, 11) is 1.58. The summed E-state index contributed by atoms with van der Waals surface area (Å²) in [5.41, 5.74) is 4.05. The van der Waals surface area contributed by atoms with E-state index in [0.29, 0.717) is 17.1 Å². The molecule has 35 heavy (non-hydrogen) atoms. The monoisotopic (exact) mass is 461 g/mol. The van der Waals surface area contributed by atoms with Gasteiger partial charge in [0.1, 0.15) is 22.8 Å². The van der Waals surface area contributed by atoms with Gasteiger partial charge in [0.15, 0.2) is 0 Å². The first-order valence-electron chi connectivity index (χ1n) is 11.2. The number of hydrogen-bond acceptors (Lipinski definition) is 5. The number of carbonyl (C=O) groups is 1. The van der Waals surface area contributed by atoms with Crippen LogP contribution in [0.3, 0.4) is 0 Å². The number of methoxy groups -OCH3 is 1. The molecule has 5 aromatic rings. The minimum Gasteiger partial charge on any atom is -0.497 e. The molecule has 0 saturated heterocycles. The molecule has 0 atom stereocenters. The Morgan fingerprint density at radius 2 is 1.51 bits per heavy atom. The molecule has 0 aliphatic carbocycles. The minimum atomic E-state index is -0.434. The highest BCUT2D eigenvalue weighted by atomic mass is 16.5. The molecule has 172 valence electrons. The van der Waals surface area contributed by atoms with Gasteiger partial charge in [0.2, 0.25) is 0 Å². The molecule has 4 aromatic carbocycles. The van der Waals surface area contributed by atoms with Crippen molar-refractivity contribution < 1.29 is 18.7 Å². The molecule has 0 bridgehead atoms. The summed E-state index contributed by atoms with van der Waals surface area (Å²) in [5.74, 6) is 1.43. The van der Waals surface area contributed by atoms with Gasteiger partial charge in [-0.3, -0.25) is 0 Å². The van der Waals surface area contributed by atoms with Crippen LogP contribution in [0.25, 0.3) is 22.3 Å². The number of carbonyl (C=O) groups excluding carboxylic acids is 1. The summed E-state index contributed by atoms with van der Waals surface area (Å²) in [6.45, 7) is 2.04. The van der Waals surface area contributed by atoms with E-state index < -0.39 is 5.97 Å². The third-order valence-electron chi connectivity index (χ3n) is 5.58. The molecule has 5 heteroatoms. The Bertz CT molecular complexity index is 1550. The van der Waals surface area contributed by atoms with Crippen molar-refractivity contribution in [3.8, 4) is 22.8 Å². The summed E-state index contributed by atoms with van der Waals surface area (Å²) in [6.07, 6.45) is 0. The number of benzene rings is 4. The van der Waals surface area contributed by atoms with Crippen LogP contribution in [-0.4, -0.2) is 13.1 Å². The fraction of sp³-hybridized carbons (Fsp3) is 0.0667. The average Bonchev–Trinajstić information content (AvgIpc) is 2.90. The summed E-state index contributed by atoms with van der Waals surface area (Å²) in [5, 5.41) is 1.73. The number of nitrogens with zero attached hydrogens (tertiary/aromatic N) is 1. The fourth-order valence-corrected chi connectivity index (χ4v) is 3.74. The smallest absolute Gasteiger partial charge is 0.343 e. The van der Waals surface area contributed by atoms with Crippen molar-refractivity contribution in [3.05, 3.63) is 120 Å². The van der Waals surface area contributed by atoms with Gasteiger partial charge in [0, 0.05) is 17.0 Å². The van der Waals surface area contributed by atoms with Crippen molar-refractivity contribution in [2.75, 3.05) is 7.11 Å². The van der Waals surface area contributed by atoms with Crippen LogP contribution >= 0.6 is 0 Å². The number of hydrogen-bond donors (Lipinski definition) is 0. The quantitative estimate of drug-likeness (QED) is 0.212. The molecule has 0 saturated carbocycles. The van der Waals surface area contributed by atoms with Crippen molar-refractivity contribution in [3.63, 3.8) is 0 Å². The fourth-order valence-electron chi connectivity index (χ4n) is 3.74. The van der Waals surface area contributed by atoms with Gasteiger partial charge >= 0.3 is 5.97 Å². The van der Waals surface area contributed by atoms with Gasteiger partial charge in [-0.15, -0.1) is 0 Å². The van der Waals surface area contributed by atoms with Gasteiger partial charge in [0.05, 0.1) is 23.7 Å². The highest BCUT2D eigenvalue weighted by Gasteiger charge is 2.10. The molecular formula is C30H23NO4. The second-order valence-electron chi connectivity index (χ2n) is 8.09. The predicted octanol–water partition coefficient (Wildman–Crippen LogP) is 6.87. The molecule has 5 nitrogen and oxygen atoms in total. The zero-order valence-corrected chi connectivity index (χ0v) is 19.4. The van der Waals surface area contributed by atoms with Gasteiger partial charge < -0.3 is 13.9 Å². The Hall–Kier alpha value is -4.64. The zero-order chi connectivity index (χ0) is 24.2. The molecule has 0 aliphatic rings. The van der Waals surface area contributed by atoms with Gasteiger partial charge in [-0.25, -0.2) is 9.79 Å². The predicted molar refractivity (Wildman–Crippen MR) is 136 cm³/mol. The van der Waals surface area contributed by atoms with E-state index in [1.807, 2.05) is 67.6 Å². The maximum atomic E-state index is 12.4. The van der Waals surface area contributed by atoms with Crippen LogP contribution in [0.5, 0.6) is 11.5 Å². The molecule has 0 unspecified atom stereocenters. The highest BCUT2D eigenvalue weighted by molar-refractivity contribution is 5.91. The lowest BCUT2D eigenvalue weighted by molar-refractivity contribution is 0.0734. The first-order chi connectivity index (χ1) is 17.1. The first-order valence-corrected chi connectivity index (χ1v) is 11.2. The number of fused-ring (bicyclic) bond motifs is 1. The molecular weight excluding hydrogens is 438 g/mol. The van der Waals surface area contributed by atoms with Crippen LogP contribution in [0.15, 0.2) is 113 Å². The van der Waals surface area contributed by atoms with E-state index in [-0.39, 0.29) is 0 Å². The molecule has 0 fully saturated rings. The van der Waals surface area contributed by atoms with Crippen LogP contribution in [-0.2, 0) is 0 Å². The summed E-state index contributed by atoms with van der Waals surface area (Å²) in [6, 6.07) is 31.9. The number of esters is 1. The lowest BCUT2D eigenvalue weighted by atomic mass is 10.1. The summed E-state index contributed by atoms with van der Waals surface area (Å²) >= 11 is 0. The number of ether oxygens (including phenoxy) is 2. The maximum Gasteiger partial charge on any atom is 0.343 e. The van der Waals surface area contributed by atoms with Crippen molar-refractivity contribution in [1.29, 1.82) is 0 Å². The van der Waals surface area contributed by atoms with Gasteiger partial charge in [0.25, 0.3) is 0 Å². The third kappa shape index (κ3) is 4.99. The largest absolute Gasteiger partial charge is 0.497 e. The summed E-state index contributed by atoms with van der Waals surface area (Å²) < 4.78 is 16.8. The summed E-state index contributed by atoms with van der Waals surface area (Å²) in [4.78, 5) is 17.3. The topological polar surface area (TPSA) is 61.0 Å². The van der Waals surface area contributed by atoms with Crippen molar-refractivity contribution in [2.24, 2.45) is 4.99 Å². The van der Waals surface area contributed by atoms with E-state index in [2.05, 4.69) is 6.07 Å². The van der Waals surface area contributed by atoms with Crippen molar-refractivity contribution >= 4 is 22.6 Å². The Balaban J connectivity index is 1.47. The SMILES string of the molecule is COc1ccc(C(=O)Oc2ccc(N=c3cc(-c4ccccc4)oc4ccc(C)cc34)cc2)cc1. The maximum absolute atomic E-state index is 12.4.